The van der Waals surface area contributed by atoms with Gasteiger partial charge in [0.1, 0.15) is 0 Å². The van der Waals surface area contributed by atoms with Crippen LogP contribution in [-0.2, 0) is 17.8 Å². The Balaban J connectivity index is 1.43. The van der Waals surface area contributed by atoms with Crippen LogP contribution in [0.3, 0.4) is 0 Å². The molecule has 3 N–H and O–H groups in total. The highest BCUT2D eigenvalue weighted by Crippen LogP contribution is 2.31. The minimum Gasteiger partial charge on any atom is -0.374 e. The smallest absolute Gasteiger partial charge is 0.225 e. The lowest BCUT2D eigenvalue weighted by Crippen LogP contribution is -2.40. The molecule has 4 rings (SSSR count). The van der Waals surface area contributed by atoms with E-state index in [1.165, 1.54) is 28.8 Å². The van der Waals surface area contributed by atoms with Crippen LogP contribution in [0, 0.1) is 0 Å². The molecule has 2 aromatic rings. The third-order valence-electron chi connectivity index (χ3n) is 5.88. The normalized spacial score (nSPS) is 18.3. The Labute approximate surface area is 178 Å². The summed E-state index contributed by atoms with van der Waals surface area (Å²) in [6.07, 6.45) is 2.83. The fraction of sp³-hybridized carbons (Fsp3) is 0.417. The van der Waals surface area contributed by atoms with Crippen molar-refractivity contribution in [2.24, 2.45) is 4.99 Å². The number of amides is 1. The summed E-state index contributed by atoms with van der Waals surface area (Å²) >= 11 is 0. The Morgan fingerprint density at radius 3 is 2.97 bits per heavy atom. The standard InChI is InChI=1S/C24H31N5O/c1-3-25-24(26-15-17-10-11-22-18(13-17)7-6-12-29(22)2)27-16-19-14-23(30)28-21-9-5-4-8-20(19)21/h4-5,8-11,13,19H,3,6-7,12,14-16H2,1-2H3,(H,28,30)(H2,25,26,27). The number of aliphatic imine (C=N–C) groups is 1. The van der Waals surface area contributed by atoms with Crippen LogP contribution in [0.15, 0.2) is 47.5 Å². The van der Waals surface area contributed by atoms with E-state index in [0.29, 0.717) is 19.5 Å². The maximum atomic E-state index is 12.1. The molecule has 30 heavy (non-hydrogen) atoms. The summed E-state index contributed by atoms with van der Waals surface area (Å²) in [5.74, 6) is 0.996. The second-order valence-electron chi connectivity index (χ2n) is 8.10. The average molecular weight is 406 g/mol. The Kier molecular flexibility index (Phi) is 6.21. The fourth-order valence-corrected chi connectivity index (χ4v) is 4.35. The number of hydrogen-bond acceptors (Lipinski definition) is 3. The van der Waals surface area contributed by atoms with E-state index in [1.54, 1.807) is 0 Å². The number of benzene rings is 2. The number of nitrogens with one attached hydrogen (secondary N) is 3. The summed E-state index contributed by atoms with van der Waals surface area (Å²) in [6, 6.07) is 14.7. The lowest BCUT2D eigenvalue weighted by atomic mass is 9.90. The van der Waals surface area contributed by atoms with Crippen molar-refractivity contribution in [2.45, 2.75) is 38.6 Å². The van der Waals surface area contributed by atoms with Crippen LogP contribution < -0.4 is 20.9 Å². The molecule has 158 valence electrons. The van der Waals surface area contributed by atoms with Gasteiger partial charge in [-0.2, -0.15) is 0 Å². The Bertz CT molecular complexity index is 939. The van der Waals surface area contributed by atoms with Crippen molar-refractivity contribution in [3.05, 3.63) is 59.2 Å². The van der Waals surface area contributed by atoms with Gasteiger partial charge in [0, 0.05) is 50.4 Å². The summed E-state index contributed by atoms with van der Waals surface area (Å²) in [6.45, 7) is 5.29. The van der Waals surface area contributed by atoms with E-state index in [0.717, 1.165) is 31.2 Å². The van der Waals surface area contributed by atoms with Crippen LogP contribution >= 0.6 is 0 Å². The fourth-order valence-electron chi connectivity index (χ4n) is 4.35. The van der Waals surface area contributed by atoms with Crippen LogP contribution in [0.5, 0.6) is 0 Å². The average Bonchev–Trinajstić information content (AvgIpc) is 2.75. The number of fused-ring (bicyclic) bond motifs is 2. The first-order chi connectivity index (χ1) is 14.6. The minimum atomic E-state index is 0.0708. The molecule has 0 bridgehead atoms. The molecule has 2 aliphatic heterocycles. The number of carbonyl (C=O) groups excluding carboxylic acids is 1. The number of carbonyl (C=O) groups is 1. The van der Waals surface area contributed by atoms with Crippen LogP contribution in [0.1, 0.15) is 42.4 Å². The summed E-state index contributed by atoms with van der Waals surface area (Å²) in [5, 5.41) is 9.73. The zero-order valence-electron chi connectivity index (χ0n) is 17.9. The van der Waals surface area contributed by atoms with Gasteiger partial charge in [-0.3, -0.25) is 4.79 Å². The van der Waals surface area contributed by atoms with E-state index in [1.807, 2.05) is 18.2 Å². The summed E-state index contributed by atoms with van der Waals surface area (Å²) in [7, 11) is 2.16. The molecule has 2 aliphatic rings. The Morgan fingerprint density at radius 2 is 2.10 bits per heavy atom. The van der Waals surface area contributed by atoms with Crippen molar-refractivity contribution in [3.8, 4) is 0 Å². The van der Waals surface area contributed by atoms with Gasteiger partial charge in [0.2, 0.25) is 5.91 Å². The predicted molar refractivity (Wildman–Crippen MR) is 123 cm³/mol. The van der Waals surface area contributed by atoms with Crippen LogP contribution in [0.2, 0.25) is 0 Å². The van der Waals surface area contributed by atoms with Crippen molar-refractivity contribution in [1.82, 2.24) is 10.6 Å². The molecular weight excluding hydrogens is 374 g/mol. The molecule has 6 heteroatoms. The van der Waals surface area contributed by atoms with Crippen LogP contribution in [-0.4, -0.2) is 38.5 Å². The number of para-hydroxylation sites is 1. The number of guanidine groups is 1. The highest BCUT2D eigenvalue weighted by Gasteiger charge is 2.24. The van der Waals surface area contributed by atoms with E-state index in [9.17, 15) is 4.79 Å². The summed E-state index contributed by atoms with van der Waals surface area (Å²) < 4.78 is 0. The van der Waals surface area contributed by atoms with Gasteiger partial charge in [-0.25, -0.2) is 4.99 Å². The monoisotopic (exact) mass is 405 g/mol. The van der Waals surface area contributed by atoms with Gasteiger partial charge in [0.05, 0.1) is 6.54 Å². The second kappa shape index (κ2) is 9.20. The third kappa shape index (κ3) is 4.58. The largest absolute Gasteiger partial charge is 0.374 e. The van der Waals surface area contributed by atoms with Gasteiger partial charge in [0.25, 0.3) is 0 Å². The molecule has 2 aromatic carbocycles. The van der Waals surface area contributed by atoms with Gasteiger partial charge in [0.15, 0.2) is 5.96 Å². The molecule has 1 atom stereocenters. The number of nitrogens with zero attached hydrogens (tertiary/aromatic N) is 2. The van der Waals surface area contributed by atoms with Gasteiger partial charge in [-0.15, -0.1) is 0 Å². The Hall–Kier alpha value is -3.02. The molecule has 6 nitrogen and oxygen atoms in total. The first-order valence-electron chi connectivity index (χ1n) is 10.9. The number of hydrogen-bond donors (Lipinski definition) is 3. The van der Waals surface area contributed by atoms with Gasteiger partial charge in [-0.05, 0) is 48.6 Å². The summed E-state index contributed by atoms with van der Waals surface area (Å²) in [5.41, 5.74) is 6.08. The molecule has 0 spiro atoms. The molecule has 0 aliphatic carbocycles. The maximum Gasteiger partial charge on any atom is 0.225 e. The van der Waals surface area contributed by atoms with E-state index in [4.69, 9.17) is 4.99 Å². The van der Waals surface area contributed by atoms with Gasteiger partial charge >= 0.3 is 0 Å². The number of rotatable bonds is 5. The SMILES string of the molecule is CCNC(=NCc1ccc2c(c1)CCCN2C)NCC1CC(=O)Nc2ccccc21. The molecule has 0 saturated heterocycles. The van der Waals surface area contributed by atoms with Gasteiger partial charge in [-0.1, -0.05) is 30.3 Å². The van der Waals surface area contributed by atoms with E-state index < -0.39 is 0 Å². The zero-order valence-corrected chi connectivity index (χ0v) is 17.9. The van der Waals surface area contributed by atoms with Crippen LogP contribution in [0.25, 0.3) is 0 Å². The Morgan fingerprint density at radius 1 is 1.23 bits per heavy atom. The molecule has 0 aromatic heterocycles. The number of anilines is 2. The second-order valence-corrected chi connectivity index (χ2v) is 8.10. The predicted octanol–water partition coefficient (Wildman–Crippen LogP) is 3.25. The third-order valence-corrected chi connectivity index (χ3v) is 5.88. The van der Waals surface area contributed by atoms with E-state index in [2.05, 4.69) is 59.1 Å². The minimum absolute atomic E-state index is 0.0708. The quantitative estimate of drug-likeness (QED) is 0.528. The van der Waals surface area contributed by atoms with E-state index >= 15 is 0 Å². The summed E-state index contributed by atoms with van der Waals surface area (Å²) in [4.78, 5) is 19.2. The highest BCUT2D eigenvalue weighted by atomic mass is 16.1. The van der Waals surface area contributed by atoms with Crippen molar-refractivity contribution in [1.29, 1.82) is 0 Å². The highest BCUT2D eigenvalue weighted by molar-refractivity contribution is 5.94. The van der Waals surface area contributed by atoms with Crippen LogP contribution in [0.4, 0.5) is 11.4 Å². The van der Waals surface area contributed by atoms with E-state index in [-0.39, 0.29) is 11.8 Å². The lowest BCUT2D eigenvalue weighted by molar-refractivity contribution is -0.116. The van der Waals surface area contributed by atoms with Gasteiger partial charge < -0.3 is 20.9 Å². The molecule has 1 amide bonds. The molecule has 2 heterocycles. The van der Waals surface area contributed by atoms with Crippen molar-refractivity contribution in [3.63, 3.8) is 0 Å². The first kappa shape index (κ1) is 20.3. The van der Waals surface area contributed by atoms with Crippen molar-refractivity contribution >= 4 is 23.2 Å². The maximum absolute atomic E-state index is 12.1. The molecule has 0 fully saturated rings. The lowest BCUT2D eigenvalue weighted by Gasteiger charge is -2.27. The zero-order chi connectivity index (χ0) is 20.9. The first-order valence-corrected chi connectivity index (χ1v) is 10.9. The molecule has 0 radical (unpaired) electrons. The molecule has 1 unspecified atom stereocenters. The topological polar surface area (TPSA) is 68.8 Å². The molecule has 0 saturated carbocycles. The molecular formula is C24H31N5O. The van der Waals surface area contributed by atoms with Crippen molar-refractivity contribution in [2.75, 3.05) is 36.9 Å². The van der Waals surface area contributed by atoms with Crippen molar-refractivity contribution < 1.29 is 4.79 Å². The number of aryl methyl sites for hydroxylation is 1.